The van der Waals surface area contributed by atoms with E-state index in [1.807, 2.05) is 31.2 Å². The third-order valence-electron chi connectivity index (χ3n) is 4.65. The average molecular weight is 374 g/mol. The highest BCUT2D eigenvalue weighted by atomic mass is 32.2. The van der Waals surface area contributed by atoms with Gasteiger partial charge in [-0.2, -0.15) is 0 Å². The van der Waals surface area contributed by atoms with Crippen molar-refractivity contribution in [1.82, 2.24) is 15.3 Å². The molecule has 1 saturated heterocycles. The summed E-state index contributed by atoms with van der Waals surface area (Å²) in [6.45, 7) is 2.41. The monoisotopic (exact) mass is 374 g/mol. The number of benzene rings is 1. The molecule has 0 saturated carbocycles. The van der Waals surface area contributed by atoms with Crippen LogP contribution in [0.2, 0.25) is 0 Å². The molecule has 1 amide bonds. The molecule has 2 aromatic rings. The van der Waals surface area contributed by atoms with Crippen molar-refractivity contribution in [3.05, 3.63) is 53.3 Å². The lowest BCUT2D eigenvalue weighted by Gasteiger charge is -2.23. The van der Waals surface area contributed by atoms with Crippen LogP contribution in [-0.2, 0) is 16.4 Å². The lowest BCUT2D eigenvalue weighted by atomic mass is 10.1. The highest BCUT2D eigenvalue weighted by Crippen LogP contribution is 2.20. The fourth-order valence-electron chi connectivity index (χ4n) is 2.96. The van der Waals surface area contributed by atoms with E-state index in [4.69, 9.17) is 0 Å². The van der Waals surface area contributed by atoms with Gasteiger partial charge in [0.05, 0.1) is 11.5 Å². The quantitative estimate of drug-likeness (QED) is 0.849. The number of rotatable bonds is 5. The number of nitrogens with zero attached hydrogens (tertiary/aromatic N) is 3. The van der Waals surface area contributed by atoms with E-state index in [-0.39, 0.29) is 29.1 Å². The van der Waals surface area contributed by atoms with Crippen molar-refractivity contribution in [2.75, 3.05) is 23.5 Å². The minimum atomic E-state index is -2.99. The molecule has 1 unspecified atom stereocenters. The Labute approximate surface area is 153 Å². The molecule has 26 heavy (non-hydrogen) atoms. The second kappa shape index (κ2) is 7.41. The molecule has 0 aliphatic carbocycles. The van der Waals surface area contributed by atoms with Gasteiger partial charge in [-0.05, 0) is 30.5 Å². The molecule has 1 aromatic heterocycles. The normalized spacial score (nSPS) is 18.5. The van der Waals surface area contributed by atoms with Crippen LogP contribution in [0, 0.1) is 6.92 Å². The van der Waals surface area contributed by atoms with Gasteiger partial charge in [-0.25, -0.2) is 18.4 Å². The van der Waals surface area contributed by atoms with Crippen LogP contribution in [0.3, 0.4) is 0 Å². The van der Waals surface area contributed by atoms with Crippen LogP contribution < -0.4 is 10.2 Å². The molecular formula is C18H22N4O3S. The van der Waals surface area contributed by atoms with Gasteiger partial charge >= 0.3 is 0 Å². The molecule has 1 aliphatic heterocycles. The molecule has 8 heteroatoms. The van der Waals surface area contributed by atoms with Crippen LogP contribution in [0.1, 0.15) is 28.0 Å². The zero-order valence-corrected chi connectivity index (χ0v) is 15.7. The number of carbonyl (C=O) groups is 1. The van der Waals surface area contributed by atoms with Crippen LogP contribution in [0.4, 0.5) is 5.95 Å². The summed E-state index contributed by atoms with van der Waals surface area (Å²) in [6, 6.07) is 9.24. The highest BCUT2D eigenvalue weighted by molar-refractivity contribution is 7.91. The minimum absolute atomic E-state index is 0.0938. The first-order valence-corrected chi connectivity index (χ1v) is 10.3. The first-order valence-electron chi connectivity index (χ1n) is 8.45. The fraction of sp³-hybridized carbons (Fsp3) is 0.389. The summed E-state index contributed by atoms with van der Waals surface area (Å²) in [5, 5.41) is 2.86. The number of sulfone groups is 1. The molecule has 0 bridgehead atoms. The van der Waals surface area contributed by atoms with Gasteiger partial charge in [0.15, 0.2) is 9.84 Å². The lowest BCUT2D eigenvalue weighted by Crippen LogP contribution is -2.34. The van der Waals surface area contributed by atoms with Gasteiger partial charge < -0.3 is 10.2 Å². The van der Waals surface area contributed by atoms with E-state index in [1.54, 1.807) is 18.0 Å². The molecule has 0 radical (unpaired) electrons. The SMILES string of the molecule is Cc1ccccc1CNC(=O)c1ccnc(N(C)C2CCS(=O)(=O)C2)n1. The third kappa shape index (κ3) is 4.19. The molecule has 2 heterocycles. The summed E-state index contributed by atoms with van der Waals surface area (Å²) in [5.41, 5.74) is 2.41. The number of amides is 1. The van der Waals surface area contributed by atoms with Gasteiger partial charge in [0.25, 0.3) is 5.91 Å². The standard InChI is InChI=1S/C18H22N4O3S/c1-13-5-3-4-6-14(13)11-20-17(23)16-7-9-19-18(21-16)22(2)15-8-10-26(24,25)12-15/h3-7,9,15H,8,10-12H2,1-2H3,(H,20,23). The Balaban J connectivity index is 1.68. The maximum Gasteiger partial charge on any atom is 0.270 e. The Bertz CT molecular complexity index is 914. The Kier molecular flexibility index (Phi) is 5.22. The smallest absolute Gasteiger partial charge is 0.270 e. The summed E-state index contributed by atoms with van der Waals surface area (Å²) in [5.74, 6) is 0.342. The summed E-state index contributed by atoms with van der Waals surface area (Å²) >= 11 is 0. The third-order valence-corrected chi connectivity index (χ3v) is 6.40. The number of hydrogen-bond acceptors (Lipinski definition) is 6. The highest BCUT2D eigenvalue weighted by Gasteiger charge is 2.31. The molecule has 7 nitrogen and oxygen atoms in total. The number of anilines is 1. The number of aromatic nitrogens is 2. The van der Waals surface area contributed by atoms with Gasteiger partial charge in [0.2, 0.25) is 5.95 Å². The van der Waals surface area contributed by atoms with Gasteiger partial charge in [0, 0.05) is 25.8 Å². The van der Waals surface area contributed by atoms with Crippen LogP contribution in [0.5, 0.6) is 0 Å². The maximum atomic E-state index is 12.4. The van der Waals surface area contributed by atoms with Gasteiger partial charge in [0.1, 0.15) is 5.69 Å². The molecule has 1 atom stereocenters. The second-order valence-electron chi connectivity index (χ2n) is 6.52. The molecule has 3 rings (SSSR count). The van der Waals surface area contributed by atoms with Crippen molar-refractivity contribution in [2.45, 2.75) is 25.9 Å². The Morgan fingerprint density at radius 2 is 2.08 bits per heavy atom. The first-order chi connectivity index (χ1) is 12.4. The van der Waals surface area contributed by atoms with Crippen LogP contribution in [0.25, 0.3) is 0 Å². The summed E-state index contributed by atoms with van der Waals surface area (Å²) in [4.78, 5) is 22.6. The fourth-order valence-corrected chi connectivity index (χ4v) is 4.74. The van der Waals surface area contributed by atoms with E-state index in [9.17, 15) is 13.2 Å². The number of hydrogen-bond donors (Lipinski definition) is 1. The Hall–Kier alpha value is -2.48. The van der Waals surface area contributed by atoms with E-state index >= 15 is 0 Å². The van der Waals surface area contributed by atoms with E-state index in [0.717, 1.165) is 11.1 Å². The Morgan fingerprint density at radius 3 is 2.77 bits per heavy atom. The maximum absolute atomic E-state index is 12.4. The Morgan fingerprint density at radius 1 is 1.31 bits per heavy atom. The molecule has 1 N–H and O–H groups in total. The first kappa shape index (κ1) is 18.3. The van der Waals surface area contributed by atoms with E-state index < -0.39 is 9.84 Å². The van der Waals surface area contributed by atoms with Crippen LogP contribution in [0.15, 0.2) is 36.5 Å². The molecule has 1 aromatic carbocycles. The van der Waals surface area contributed by atoms with Crippen molar-refractivity contribution in [1.29, 1.82) is 0 Å². The summed E-state index contributed by atoms with van der Waals surface area (Å²) in [7, 11) is -1.24. The van der Waals surface area contributed by atoms with Crippen LogP contribution >= 0.6 is 0 Å². The van der Waals surface area contributed by atoms with Gasteiger partial charge in [-0.3, -0.25) is 4.79 Å². The van der Waals surface area contributed by atoms with Crippen molar-refractivity contribution in [2.24, 2.45) is 0 Å². The minimum Gasteiger partial charge on any atom is -0.347 e. The van der Waals surface area contributed by atoms with Gasteiger partial charge in [-0.1, -0.05) is 24.3 Å². The zero-order valence-electron chi connectivity index (χ0n) is 14.8. The van der Waals surface area contributed by atoms with E-state index in [0.29, 0.717) is 18.9 Å². The number of aryl methyl sites for hydroxylation is 1. The van der Waals surface area contributed by atoms with Gasteiger partial charge in [-0.15, -0.1) is 0 Å². The topological polar surface area (TPSA) is 92.3 Å². The summed E-state index contributed by atoms with van der Waals surface area (Å²) in [6.07, 6.45) is 2.07. The zero-order chi connectivity index (χ0) is 18.7. The molecule has 138 valence electrons. The van der Waals surface area contributed by atoms with Crippen molar-refractivity contribution >= 4 is 21.7 Å². The number of nitrogens with one attached hydrogen (secondary N) is 1. The second-order valence-corrected chi connectivity index (χ2v) is 8.75. The van der Waals surface area contributed by atoms with Crippen molar-refractivity contribution in [3.63, 3.8) is 0 Å². The molecular weight excluding hydrogens is 352 g/mol. The van der Waals surface area contributed by atoms with E-state index in [1.165, 1.54) is 6.20 Å². The lowest BCUT2D eigenvalue weighted by molar-refractivity contribution is 0.0945. The predicted octanol–water partition coefficient (Wildman–Crippen LogP) is 1.34. The van der Waals surface area contributed by atoms with Crippen LogP contribution in [-0.4, -0.2) is 48.9 Å². The average Bonchev–Trinajstić information content (AvgIpc) is 3.00. The largest absolute Gasteiger partial charge is 0.347 e. The summed E-state index contributed by atoms with van der Waals surface area (Å²) < 4.78 is 23.3. The molecule has 0 spiro atoms. The van der Waals surface area contributed by atoms with E-state index in [2.05, 4.69) is 15.3 Å². The molecule has 1 aliphatic rings. The number of carbonyl (C=O) groups excluding carboxylic acids is 1. The van der Waals surface area contributed by atoms with Crippen molar-refractivity contribution in [3.8, 4) is 0 Å². The predicted molar refractivity (Wildman–Crippen MR) is 99.8 cm³/mol. The van der Waals surface area contributed by atoms with Crippen molar-refractivity contribution < 1.29 is 13.2 Å². The molecule has 1 fully saturated rings.